The molecule has 96 valence electrons. The monoisotopic (exact) mass is 247 g/mol. The number of nitrogens with two attached hydrogens (primary N) is 1. The standard InChI is InChI=1S/C13H17N3O2/c14-8-10-7-11(1-2-12(10)15)16-9-13(17)3-5-18-6-4-13/h1-2,7,16-17H,3-6,9,15H2. The number of benzene rings is 1. The highest BCUT2D eigenvalue weighted by Crippen LogP contribution is 2.22. The summed E-state index contributed by atoms with van der Waals surface area (Å²) in [6.45, 7) is 1.62. The van der Waals surface area contributed by atoms with Gasteiger partial charge in [-0.3, -0.25) is 0 Å². The molecule has 1 aromatic rings. The van der Waals surface area contributed by atoms with Gasteiger partial charge in [0.1, 0.15) is 6.07 Å². The van der Waals surface area contributed by atoms with Gasteiger partial charge in [-0.05, 0) is 18.2 Å². The van der Waals surface area contributed by atoms with Crippen molar-refractivity contribution < 1.29 is 9.84 Å². The van der Waals surface area contributed by atoms with E-state index in [0.29, 0.717) is 43.9 Å². The number of aliphatic hydroxyl groups is 1. The highest BCUT2D eigenvalue weighted by Gasteiger charge is 2.29. The van der Waals surface area contributed by atoms with Gasteiger partial charge in [0.2, 0.25) is 0 Å². The molecule has 18 heavy (non-hydrogen) atoms. The maximum Gasteiger partial charge on any atom is 0.101 e. The van der Waals surface area contributed by atoms with Crippen LogP contribution < -0.4 is 11.1 Å². The van der Waals surface area contributed by atoms with E-state index in [4.69, 9.17) is 15.7 Å². The third-order valence-electron chi connectivity index (χ3n) is 3.22. The second-order valence-electron chi connectivity index (χ2n) is 4.60. The first-order valence-electron chi connectivity index (χ1n) is 5.97. The summed E-state index contributed by atoms with van der Waals surface area (Å²) in [6.07, 6.45) is 1.25. The van der Waals surface area contributed by atoms with Gasteiger partial charge in [-0.2, -0.15) is 5.26 Å². The molecule has 0 atom stereocenters. The van der Waals surface area contributed by atoms with Crippen molar-refractivity contribution in [3.8, 4) is 6.07 Å². The molecule has 0 saturated carbocycles. The number of ether oxygens (including phenoxy) is 1. The number of nitrogens with one attached hydrogen (secondary N) is 1. The minimum absolute atomic E-state index is 0.443. The lowest BCUT2D eigenvalue weighted by atomic mass is 9.94. The zero-order chi connectivity index (χ0) is 13.0. The van der Waals surface area contributed by atoms with Crippen LogP contribution in [0.5, 0.6) is 0 Å². The average molecular weight is 247 g/mol. The summed E-state index contributed by atoms with van der Waals surface area (Å²) in [5.74, 6) is 0. The van der Waals surface area contributed by atoms with Crippen LogP contribution >= 0.6 is 0 Å². The molecular weight excluding hydrogens is 230 g/mol. The lowest BCUT2D eigenvalue weighted by Gasteiger charge is -2.32. The second-order valence-corrected chi connectivity index (χ2v) is 4.60. The van der Waals surface area contributed by atoms with Gasteiger partial charge in [0.25, 0.3) is 0 Å². The van der Waals surface area contributed by atoms with Crippen LogP contribution in [0.25, 0.3) is 0 Å². The molecule has 0 unspecified atom stereocenters. The van der Waals surface area contributed by atoms with Gasteiger partial charge in [0, 0.05) is 44.0 Å². The summed E-state index contributed by atoms with van der Waals surface area (Å²) in [4.78, 5) is 0. The molecule has 5 nitrogen and oxygen atoms in total. The topological polar surface area (TPSA) is 91.3 Å². The Morgan fingerprint density at radius 2 is 2.17 bits per heavy atom. The van der Waals surface area contributed by atoms with Crippen molar-refractivity contribution in [2.75, 3.05) is 30.8 Å². The third-order valence-corrected chi connectivity index (χ3v) is 3.22. The van der Waals surface area contributed by atoms with Crippen molar-refractivity contribution in [2.45, 2.75) is 18.4 Å². The van der Waals surface area contributed by atoms with E-state index in [9.17, 15) is 5.11 Å². The Bertz CT molecular complexity index is 462. The van der Waals surface area contributed by atoms with Gasteiger partial charge in [0.05, 0.1) is 11.2 Å². The van der Waals surface area contributed by atoms with E-state index in [-0.39, 0.29) is 0 Å². The molecule has 1 aliphatic heterocycles. The Morgan fingerprint density at radius 3 is 2.83 bits per heavy atom. The fourth-order valence-electron chi connectivity index (χ4n) is 1.96. The normalized spacial score (nSPS) is 18.0. The minimum atomic E-state index is -0.730. The van der Waals surface area contributed by atoms with Crippen LogP contribution in [0.2, 0.25) is 0 Å². The van der Waals surface area contributed by atoms with Crippen molar-refractivity contribution in [3.05, 3.63) is 23.8 Å². The molecule has 2 rings (SSSR count). The predicted octanol–water partition coefficient (Wildman–Crippen LogP) is 1.09. The maximum absolute atomic E-state index is 10.3. The van der Waals surface area contributed by atoms with Crippen molar-refractivity contribution in [3.63, 3.8) is 0 Å². The van der Waals surface area contributed by atoms with Gasteiger partial charge in [0.15, 0.2) is 0 Å². The number of hydrogen-bond acceptors (Lipinski definition) is 5. The fraction of sp³-hybridized carbons (Fsp3) is 0.462. The van der Waals surface area contributed by atoms with E-state index in [1.54, 1.807) is 18.2 Å². The summed E-state index contributed by atoms with van der Waals surface area (Å²) in [5.41, 5.74) is 6.62. The Labute approximate surface area is 106 Å². The number of rotatable bonds is 3. The molecule has 0 aromatic heterocycles. The number of nitriles is 1. The summed E-state index contributed by atoms with van der Waals surface area (Å²) in [6, 6.07) is 7.22. The van der Waals surface area contributed by atoms with Gasteiger partial charge < -0.3 is 20.9 Å². The summed E-state index contributed by atoms with van der Waals surface area (Å²) >= 11 is 0. The molecule has 0 aliphatic carbocycles. The van der Waals surface area contributed by atoms with Crippen LogP contribution in [0.3, 0.4) is 0 Å². The van der Waals surface area contributed by atoms with E-state index in [2.05, 4.69) is 5.32 Å². The molecule has 1 aliphatic rings. The lowest BCUT2D eigenvalue weighted by molar-refractivity contribution is -0.0543. The van der Waals surface area contributed by atoms with E-state index in [1.807, 2.05) is 6.07 Å². The quantitative estimate of drug-likeness (QED) is 0.695. The zero-order valence-corrected chi connectivity index (χ0v) is 10.1. The molecule has 5 heteroatoms. The number of anilines is 2. The Hall–Kier alpha value is -1.77. The Balaban J connectivity index is 2.00. The van der Waals surface area contributed by atoms with Crippen molar-refractivity contribution in [1.82, 2.24) is 0 Å². The van der Waals surface area contributed by atoms with Crippen LogP contribution in [0.15, 0.2) is 18.2 Å². The molecule has 0 bridgehead atoms. The molecule has 1 fully saturated rings. The zero-order valence-electron chi connectivity index (χ0n) is 10.1. The largest absolute Gasteiger partial charge is 0.398 e. The van der Waals surface area contributed by atoms with Crippen LogP contribution in [-0.4, -0.2) is 30.5 Å². The molecule has 0 amide bonds. The molecule has 4 N–H and O–H groups in total. The molecule has 1 aromatic carbocycles. The van der Waals surface area contributed by atoms with Crippen molar-refractivity contribution in [2.24, 2.45) is 0 Å². The SMILES string of the molecule is N#Cc1cc(NCC2(O)CCOCC2)ccc1N. The molecule has 1 saturated heterocycles. The molecule has 0 radical (unpaired) electrons. The van der Waals surface area contributed by atoms with Gasteiger partial charge in [-0.1, -0.05) is 0 Å². The first kappa shape index (κ1) is 12.7. The van der Waals surface area contributed by atoms with E-state index in [1.165, 1.54) is 0 Å². The minimum Gasteiger partial charge on any atom is -0.398 e. The Kier molecular flexibility index (Phi) is 3.70. The summed E-state index contributed by atoms with van der Waals surface area (Å²) in [7, 11) is 0. The number of nitrogens with zero attached hydrogens (tertiary/aromatic N) is 1. The van der Waals surface area contributed by atoms with E-state index in [0.717, 1.165) is 5.69 Å². The highest BCUT2D eigenvalue weighted by molar-refractivity contribution is 5.61. The van der Waals surface area contributed by atoms with Crippen LogP contribution in [0.1, 0.15) is 18.4 Å². The average Bonchev–Trinajstić information content (AvgIpc) is 2.39. The summed E-state index contributed by atoms with van der Waals surface area (Å²) < 4.78 is 5.22. The van der Waals surface area contributed by atoms with Gasteiger partial charge >= 0.3 is 0 Å². The maximum atomic E-state index is 10.3. The molecule has 1 heterocycles. The highest BCUT2D eigenvalue weighted by atomic mass is 16.5. The van der Waals surface area contributed by atoms with Crippen molar-refractivity contribution >= 4 is 11.4 Å². The van der Waals surface area contributed by atoms with Crippen molar-refractivity contribution in [1.29, 1.82) is 5.26 Å². The smallest absolute Gasteiger partial charge is 0.101 e. The van der Waals surface area contributed by atoms with E-state index >= 15 is 0 Å². The first-order chi connectivity index (χ1) is 8.63. The van der Waals surface area contributed by atoms with Crippen LogP contribution in [0, 0.1) is 11.3 Å². The van der Waals surface area contributed by atoms with Gasteiger partial charge in [-0.25, -0.2) is 0 Å². The first-order valence-corrected chi connectivity index (χ1v) is 5.97. The second kappa shape index (κ2) is 5.25. The summed E-state index contributed by atoms with van der Waals surface area (Å²) in [5, 5.41) is 22.3. The fourth-order valence-corrected chi connectivity index (χ4v) is 1.96. The molecule has 0 spiro atoms. The number of nitrogen functional groups attached to an aromatic ring is 1. The Morgan fingerprint density at radius 1 is 1.44 bits per heavy atom. The van der Waals surface area contributed by atoms with Gasteiger partial charge in [-0.15, -0.1) is 0 Å². The number of hydrogen-bond donors (Lipinski definition) is 3. The molecular formula is C13H17N3O2. The predicted molar refractivity (Wildman–Crippen MR) is 69.1 cm³/mol. The third kappa shape index (κ3) is 2.92. The van der Waals surface area contributed by atoms with E-state index < -0.39 is 5.60 Å². The van der Waals surface area contributed by atoms with Crippen LogP contribution in [-0.2, 0) is 4.74 Å². The lowest BCUT2D eigenvalue weighted by Crippen LogP contribution is -2.42. The van der Waals surface area contributed by atoms with Crippen LogP contribution in [0.4, 0.5) is 11.4 Å².